The van der Waals surface area contributed by atoms with E-state index in [2.05, 4.69) is 0 Å². The third kappa shape index (κ3) is 2.08. The standard InChI is InChI=1S/C13H14O3/c1-3-15-12(14)8-11-7-10-6-4-5-9(2)13(10)16-11/h4-7H,3,8H2,1-2H3. The van der Waals surface area contributed by atoms with Gasteiger partial charge in [0.2, 0.25) is 0 Å². The molecule has 0 aliphatic rings. The highest BCUT2D eigenvalue weighted by Crippen LogP contribution is 2.22. The Balaban J connectivity index is 2.26. The van der Waals surface area contributed by atoms with Crippen LogP contribution in [0.1, 0.15) is 18.2 Å². The molecule has 2 rings (SSSR count). The number of furan rings is 1. The number of carbonyl (C=O) groups is 1. The summed E-state index contributed by atoms with van der Waals surface area (Å²) in [5, 5.41) is 1.03. The van der Waals surface area contributed by atoms with Crippen molar-refractivity contribution in [3.8, 4) is 0 Å². The van der Waals surface area contributed by atoms with Crippen molar-refractivity contribution in [2.75, 3.05) is 6.61 Å². The molecule has 0 fully saturated rings. The van der Waals surface area contributed by atoms with Crippen LogP contribution in [0.4, 0.5) is 0 Å². The van der Waals surface area contributed by atoms with E-state index in [9.17, 15) is 4.79 Å². The van der Waals surface area contributed by atoms with Gasteiger partial charge in [-0.1, -0.05) is 18.2 Å². The number of aryl methyl sites for hydroxylation is 1. The summed E-state index contributed by atoms with van der Waals surface area (Å²) in [7, 11) is 0. The molecule has 1 aromatic heterocycles. The average Bonchev–Trinajstić information content (AvgIpc) is 2.62. The molecule has 1 heterocycles. The second kappa shape index (κ2) is 4.39. The number of benzene rings is 1. The van der Waals surface area contributed by atoms with E-state index in [1.807, 2.05) is 31.2 Å². The molecule has 0 atom stereocenters. The van der Waals surface area contributed by atoms with Gasteiger partial charge < -0.3 is 9.15 Å². The lowest BCUT2D eigenvalue weighted by Crippen LogP contribution is -2.06. The number of fused-ring (bicyclic) bond motifs is 1. The van der Waals surface area contributed by atoms with E-state index in [-0.39, 0.29) is 12.4 Å². The average molecular weight is 218 g/mol. The molecular formula is C13H14O3. The van der Waals surface area contributed by atoms with Gasteiger partial charge in [0.1, 0.15) is 17.8 Å². The van der Waals surface area contributed by atoms with Crippen molar-refractivity contribution in [2.24, 2.45) is 0 Å². The zero-order valence-electron chi connectivity index (χ0n) is 9.45. The van der Waals surface area contributed by atoms with Crippen LogP contribution in [0.3, 0.4) is 0 Å². The highest BCUT2D eigenvalue weighted by molar-refractivity contribution is 5.82. The molecule has 0 amide bonds. The van der Waals surface area contributed by atoms with E-state index in [0.29, 0.717) is 12.4 Å². The monoisotopic (exact) mass is 218 g/mol. The Kier molecular flexibility index (Phi) is 2.95. The molecule has 0 bridgehead atoms. The van der Waals surface area contributed by atoms with Gasteiger partial charge in [0, 0.05) is 5.39 Å². The summed E-state index contributed by atoms with van der Waals surface area (Å²) in [4.78, 5) is 11.3. The number of ether oxygens (including phenoxy) is 1. The predicted octanol–water partition coefficient (Wildman–Crippen LogP) is 2.85. The maximum absolute atomic E-state index is 11.3. The summed E-state index contributed by atoms with van der Waals surface area (Å²) in [6.45, 7) is 4.18. The number of rotatable bonds is 3. The molecule has 2 aromatic rings. The molecule has 0 N–H and O–H groups in total. The SMILES string of the molecule is CCOC(=O)Cc1cc2cccc(C)c2o1. The highest BCUT2D eigenvalue weighted by atomic mass is 16.5. The Labute approximate surface area is 94.0 Å². The largest absolute Gasteiger partial charge is 0.466 e. The molecule has 3 nitrogen and oxygen atoms in total. The Hall–Kier alpha value is -1.77. The maximum Gasteiger partial charge on any atom is 0.313 e. The van der Waals surface area contributed by atoms with Gasteiger partial charge >= 0.3 is 5.97 Å². The van der Waals surface area contributed by atoms with Gasteiger partial charge in [-0.3, -0.25) is 4.79 Å². The lowest BCUT2D eigenvalue weighted by Gasteiger charge is -1.98. The first-order chi connectivity index (χ1) is 7.70. The number of para-hydroxylation sites is 1. The fraction of sp³-hybridized carbons (Fsp3) is 0.308. The highest BCUT2D eigenvalue weighted by Gasteiger charge is 2.10. The van der Waals surface area contributed by atoms with E-state index in [0.717, 1.165) is 16.5 Å². The van der Waals surface area contributed by atoms with Gasteiger partial charge in [-0.2, -0.15) is 0 Å². The summed E-state index contributed by atoms with van der Waals surface area (Å²) >= 11 is 0. The van der Waals surface area contributed by atoms with E-state index in [1.54, 1.807) is 6.92 Å². The first kappa shape index (κ1) is 10.7. The molecule has 3 heteroatoms. The van der Waals surface area contributed by atoms with Crippen molar-refractivity contribution in [3.05, 3.63) is 35.6 Å². The number of hydrogen-bond donors (Lipinski definition) is 0. The Bertz CT molecular complexity index is 511. The quantitative estimate of drug-likeness (QED) is 0.743. The summed E-state index contributed by atoms with van der Waals surface area (Å²) in [5.41, 5.74) is 1.93. The van der Waals surface area contributed by atoms with Gasteiger partial charge in [0.25, 0.3) is 0 Å². The molecule has 1 aromatic carbocycles. The van der Waals surface area contributed by atoms with Crippen molar-refractivity contribution in [1.82, 2.24) is 0 Å². The van der Waals surface area contributed by atoms with Crippen LogP contribution in [0.25, 0.3) is 11.0 Å². The lowest BCUT2D eigenvalue weighted by molar-refractivity contribution is -0.142. The minimum atomic E-state index is -0.251. The van der Waals surface area contributed by atoms with E-state index < -0.39 is 0 Å². The molecule has 0 aliphatic carbocycles. The molecule has 0 spiro atoms. The molecule has 0 radical (unpaired) electrons. The summed E-state index contributed by atoms with van der Waals surface area (Å²) in [5.74, 6) is 0.405. The molecule has 0 aliphatic heterocycles. The Morgan fingerprint density at radius 3 is 2.94 bits per heavy atom. The van der Waals surface area contributed by atoms with Gasteiger partial charge in [0.15, 0.2) is 0 Å². The van der Waals surface area contributed by atoms with Crippen LogP contribution in [0.15, 0.2) is 28.7 Å². The van der Waals surface area contributed by atoms with Crippen LogP contribution in [-0.2, 0) is 16.0 Å². The minimum Gasteiger partial charge on any atom is -0.466 e. The van der Waals surface area contributed by atoms with Crippen LogP contribution < -0.4 is 0 Å². The number of carbonyl (C=O) groups excluding carboxylic acids is 1. The van der Waals surface area contributed by atoms with Gasteiger partial charge in [0.05, 0.1) is 6.61 Å². The van der Waals surface area contributed by atoms with E-state index >= 15 is 0 Å². The van der Waals surface area contributed by atoms with Crippen molar-refractivity contribution in [1.29, 1.82) is 0 Å². The molecule has 16 heavy (non-hydrogen) atoms. The number of hydrogen-bond acceptors (Lipinski definition) is 3. The second-order valence-corrected chi connectivity index (χ2v) is 3.69. The Morgan fingerprint density at radius 1 is 1.44 bits per heavy atom. The smallest absolute Gasteiger partial charge is 0.313 e. The zero-order chi connectivity index (χ0) is 11.5. The normalized spacial score (nSPS) is 10.6. The van der Waals surface area contributed by atoms with Crippen molar-refractivity contribution in [2.45, 2.75) is 20.3 Å². The fourth-order valence-electron chi connectivity index (χ4n) is 1.70. The lowest BCUT2D eigenvalue weighted by atomic mass is 10.2. The van der Waals surface area contributed by atoms with Crippen molar-refractivity contribution in [3.63, 3.8) is 0 Å². The predicted molar refractivity (Wildman–Crippen MR) is 61.3 cm³/mol. The van der Waals surface area contributed by atoms with Crippen molar-refractivity contribution < 1.29 is 13.9 Å². The van der Waals surface area contributed by atoms with Crippen LogP contribution in [-0.4, -0.2) is 12.6 Å². The molecular weight excluding hydrogens is 204 g/mol. The van der Waals surface area contributed by atoms with Crippen LogP contribution in [0, 0.1) is 6.92 Å². The first-order valence-electron chi connectivity index (χ1n) is 5.34. The fourth-order valence-corrected chi connectivity index (χ4v) is 1.70. The molecule has 0 saturated carbocycles. The Morgan fingerprint density at radius 2 is 2.25 bits per heavy atom. The third-order valence-electron chi connectivity index (χ3n) is 2.42. The summed E-state index contributed by atoms with van der Waals surface area (Å²) in [6.07, 6.45) is 0.196. The minimum absolute atomic E-state index is 0.196. The van der Waals surface area contributed by atoms with E-state index in [1.165, 1.54) is 0 Å². The van der Waals surface area contributed by atoms with Gasteiger partial charge in [-0.15, -0.1) is 0 Å². The van der Waals surface area contributed by atoms with Crippen molar-refractivity contribution >= 4 is 16.9 Å². The van der Waals surface area contributed by atoms with Crippen LogP contribution in [0.5, 0.6) is 0 Å². The summed E-state index contributed by atoms with van der Waals surface area (Å²) < 4.78 is 10.5. The molecule has 84 valence electrons. The maximum atomic E-state index is 11.3. The first-order valence-corrected chi connectivity index (χ1v) is 5.34. The van der Waals surface area contributed by atoms with Crippen LogP contribution >= 0.6 is 0 Å². The van der Waals surface area contributed by atoms with E-state index in [4.69, 9.17) is 9.15 Å². The van der Waals surface area contributed by atoms with Crippen LogP contribution in [0.2, 0.25) is 0 Å². The third-order valence-corrected chi connectivity index (χ3v) is 2.42. The second-order valence-electron chi connectivity index (χ2n) is 3.69. The molecule has 0 saturated heterocycles. The number of esters is 1. The molecule has 0 unspecified atom stereocenters. The van der Waals surface area contributed by atoms with Gasteiger partial charge in [-0.25, -0.2) is 0 Å². The summed E-state index contributed by atoms with van der Waals surface area (Å²) in [6, 6.07) is 7.82. The topological polar surface area (TPSA) is 39.4 Å². The zero-order valence-corrected chi connectivity index (χ0v) is 9.45. The van der Waals surface area contributed by atoms with Gasteiger partial charge in [-0.05, 0) is 25.5 Å².